The SMILES string of the molecule is O=C(c1cccc(-c2ccco2)c1)N1CCC[C@@H]1c1ccccn1. The summed E-state index contributed by atoms with van der Waals surface area (Å²) in [4.78, 5) is 19.4. The molecule has 1 saturated heterocycles. The molecule has 0 bridgehead atoms. The molecule has 1 atom stereocenters. The molecule has 0 aliphatic carbocycles. The van der Waals surface area contributed by atoms with Crippen molar-refractivity contribution in [2.24, 2.45) is 0 Å². The molecule has 0 saturated carbocycles. The predicted octanol–water partition coefficient (Wildman–Crippen LogP) is 4.32. The van der Waals surface area contributed by atoms with Crippen molar-refractivity contribution in [1.82, 2.24) is 9.88 Å². The van der Waals surface area contributed by atoms with Gasteiger partial charge in [-0.2, -0.15) is 0 Å². The van der Waals surface area contributed by atoms with Gasteiger partial charge in [-0.1, -0.05) is 18.2 Å². The monoisotopic (exact) mass is 318 g/mol. The molecule has 120 valence electrons. The zero-order valence-corrected chi connectivity index (χ0v) is 13.3. The number of carbonyl (C=O) groups is 1. The first-order chi connectivity index (χ1) is 11.8. The van der Waals surface area contributed by atoms with Crippen molar-refractivity contribution in [2.75, 3.05) is 6.54 Å². The van der Waals surface area contributed by atoms with Crippen LogP contribution in [-0.4, -0.2) is 22.3 Å². The molecule has 3 heterocycles. The van der Waals surface area contributed by atoms with Crippen LogP contribution in [0.25, 0.3) is 11.3 Å². The smallest absolute Gasteiger partial charge is 0.254 e. The number of furan rings is 1. The van der Waals surface area contributed by atoms with Crippen LogP contribution in [0.5, 0.6) is 0 Å². The van der Waals surface area contributed by atoms with Crippen molar-refractivity contribution in [3.63, 3.8) is 0 Å². The number of benzene rings is 1. The lowest BCUT2D eigenvalue weighted by atomic mass is 10.1. The molecule has 4 heteroatoms. The minimum absolute atomic E-state index is 0.0524. The number of aromatic nitrogens is 1. The Labute approximate surface area is 140 Å². The first-order valence-corrected chi connectivity index (χ1v) is 8.19. The number of carbonyl (C=O) groups excluding carboxylic acids is 1. The third-order valence-corrected chi connectivity index (χ3v) is 4.46. The molecule has 0 N–H and O–H groups in total. The second-order valence-electron chi connectivity index (χ2n) is 5.97. The van der Waals surface area contributed by atoms with Crippen molar-refractivity contribution >= 4 is 5.91 Å². The molecule has 0 spiro atoms. The average molecular weight is 318 g/mol. The number of pyridine rings is 1. The van der Waals surface area contributed by atoms with Gasteiger partial charge in [0.25, 0.3) is 5.91 Å². The molecular formula is C20H18N2O2. The summed E-state index contributed by atoms with van der Waals surface area (Å²) in [5.41, 5.74) is 2.57. The highest BCUT2D eigenvalue weighted by molar-refractivity contribution is 5.95. The van der Waals surface area contributed by atoms with Crippen LogP contribution in [0.1, 0.15) is 34.9 Å². The average Bonchev–Trinajstić information content (AvgIpc) is 3.34. The Hall–Kier alpha value is -2.88. The van der Waals surface area contributed by atoms with Gasteiger partial charge in [-0.15, -0.1) is 0 Å². The lowest BCUT2D eigenvalue weighted by Crippen LogP contribution is -2.30. The summed E-state index contributed by atoms with van der Waals surface area (Å²) in [6.07, 6.45) is 5.39. The summed E-state index contributed by atoms with van der Waals surface area (Å²) in [6, 6.07) is 17.3. The van der Waals surface area contributed by atoms with Gasteiger partial charge >= 0.3 is 0 Å². The maximum Gasteiger partial charge on any atom is 0.254 e. The van der Waals surface area contributed by atoms with Crippen molar-refractivity contribution in [3.05, 3.63) is 78.3 Å². The Kier molecular flexibility index (Phi) is 3.87. The van der Waals surface area contributed by atoms with Crippen molar-refractivity contribution < 1.29 is 9.21 Å². The van der Waals surface area contributed by atoms with Gasteiger partial charge in [-0.25, -0.2) is 0 Å². The van der Waals surface area contributed by atoms with E-state index in [0.29, 0.717) is 5.56 Å². The summed E-state index contributed by atoms with van der Waals surface area (Å²) in [7, 11) is 0. The van der Waals surface area contributed by atoms with Gasteiger partial charge in [0.2, 0.25) is 0 Å². The summed E-state index contributed by atoms with van der Waals surface area (Å²) in [5, 5.41) is 0. The Balaban J connectivity index is 1.62. The molecule has 4 rings (SSSR count). The Morgan fingerprint density at radius 3 is 2.88 bits per heavy atom. The Morgan fingerprint density at radius 1 is 1.12 bits per heavy atom. The van der Waals surface area contributed by atoms with Gasteiger partial charge in [0, 0.05) is 23.9 Å². The fraction of sp³-hybridized carbons (Fsp3) is 0.200. The maximum absolute atomic E-state index is 13.0. The van der Waals surface area contributed by atoms with Crippen LogP contribution in [0.15, 0.2) is 71.5 Å². The van der Waals surface area contributed by atoms with E-state index in [9.17, 15) is 4.79 Å². The number of rotatable bonds is 3. The minimum Gasteiger partial charge on any atom is -0.464 e. The van der Waals surface area contributed by atoms with Gasteiger partial charge in [0.1, 0.15) is 5.76 Å². The maximum atomic E-state index is 13.0. The molecule has 0 unspecified atom stereocenters. The molecule has 24 heavy (non-hydrogen) atoms. The fourth-order valence-corrected chi connectivity index (χ4v) is 3.30. The first-order valence-electron chi connectivity index (χ1n) is 8.19. The van der Waals surface area contributed by atoms with Crippen molar-refractivity contribution in [2.45, 2.75) is 18.9 Å². The van der Waals surface area contributed by atoms with E-state index in [0.717, 1.165) is 36.4 Å². The summed E-state index contributed by atoms with van der Waals surface area (Å²) in [6.45, 7) is 0.769. The molecular weight excluding hydrogens is 300 g/mol. The van der Waals surface area contributed by atoms with Crippen LogP contribution in [-0.2, 0) is 0 Å². The number of likely N-dealkylation sites (tertiary alicyclic amines) is 1. The molecule has 0 radical (unpaired) electrons. The van der Waals surface area contributed by atoms with E-state index < -0.39 is 0 Å². The van der Waals surface area contributed by atoms with E-state index in [1.54, 1.807) is 12.5 Å². The highest BCUT2D eigenvalue weighted by atomic mass is 16.3. The van der Waals surface area contributed by atoms with Crippen molar-refractivity contribution in [1.29, 1.82) is 0 Å². The fourth-order valence-electron chi connectivity index (χ4n) is 3.30. The van der Waals surface area contributed by atoms with E-state index >= 15 is 0 Å². The quantitative estimate of drug-likeness (QED) is 0.722. The molecule has 1 aliphatic heterocycles. The number of nitrogens with zero attached hydrogens (tertiary/aromatic N) is 2. The van der Waals surface area contributed by atoms with E-state index in [1.165, 1.54) is 0 Å². The highest BCUT2D eigenvalue weighted by Crippen LogP contribution is 2.32. The zero-order chi connectivity index (χ0) is 16.4. The molecule has 4 nitrogen and oxygen atoms in total. The van der Waals surface area contributed by atoms with Crippen LogP contribution in [0.4, 0.5) is 0 Å². The van der Waals surface area contributed by atoms with Crippen LogP contribution in [0, 0.1) is 0 Å². The van der Waals surface area contributed by atoms with Crippen LogP contribution >= 0.6 is 0 Å². The lowest BCUT2D eigenvalue weighted by molar-refractivity contribution is 0.0733. The molecule has 1 aromatic carbocycles. The van der Waals surface area contributed by atoms with Crippen LogP contribution < -0.4 is 0 Å². The summed E-state index contributed by atoms with van der Waals surface area (Å²) < 4.78 is 5.44. The molecule has 1 amide bonds. The predicted molar refractivity (Wildman–Crippen MR) is 91.4 cm³/mol. The second kappa shape index (κ2) is 6.32. The number of hydrogen-bond acceptors (Lipinski definition) is 3. The first kappa shape index (κ1) is 14.7. The highest BCUT2D eigenvalue weighted by Gasteiger charge is 2.31. The second-order valence-corrected chi connectivity index (χ2v) is 5.97. The largest absolute Gasteiger partial charge is 0.464 e. The van der Waals surface area contributed by atoms with Crippen LogP contribution in [0.2, 0.25) is 0 Å². The molecule has 1 fully saturated rings. The number of amides is 1. The molecule has 1 aliphatic rings. The van der Waals surface area contributed by atoms with Gasteiger partial charge < -0.3 is 9.32 Å². The van der Waals surface area contributed by atoms with E-state index in [-0.39, 0.29) is 11.9 Å². The van der Waals surface area contributed by atoms with Crippen molar-refractivity contribution in [3.8, 4) is 11.3 Å². The molecule has 3 aromatic rings. The zero-order valence-electron chi connectivity index (χ0n) is 13.3. The topological polar surface area (TPSA) is 46.3 Å². The number of hydrogen-bond donors (Lipinski definition) is 0. The third kappa shape index (κ3) is 2.71. The van der Waals surface area contributed by atoms with Crippen LogP contribution in [0.3, 0.4) is 0 Å². The lowest BCUT2D eigenvalue weighted by Gasteiger charge is -2.24. The van der Waals surface area contributed by atoms with Gasteiger partial charge in [0.15, 0.2) is 0 Å². The third-order valence-electron chi connectivity index (χ3n) is 4.46. The standard InChI is InChI=1S/C20H18N2O2/c23-20(16-7-3-6-15(14-16)19-10-5-13-24-19)22-12-4-9-18(22)17-8-1-2-11-21-17/h1-3,5-8,10-11,13-14,18H,4,9,12H2/t18-/m1/s1. The Morgan fingerprint density at radius 2 is 2.08 bits per heavy atom. The summed E-state index contributed by atoms with van der Waals surface area (Å²) in [5.74, 6) is 0.823. The Bertz CT molecular complexity index is 828. The normalized spacial score (nSPS) is 17.2. The molecule has 2 aromatic heterocycles. The van der Waals surface area contributed by atoms with Gasteiger partial charge in [-0.05, 0) is 49.2 Å². The van der Waals surface area contributed by atoms with Gasteiger partial charge in [-0.3, -0.25) is 9.78 Å². The summed E-state index contributed by atoms with van der Waals surface area (Å²) >= 11 is 0. The van der Waals surface area contributed by atoms with E-state index in [2.05, 4.69) is 4.98 Å². The minimum atomic E-state index is 0.0524. The van der Waals surface area contributed by atoms with Gasteiger partial charge in [0.05, 0.1) is 18.0 Å². The van der Waals surface area contributed by atoms with E-state index in [1.807, 2.05) is 59.5 Å². The van der Waals surface area contributed by atoms with E-state index in [4.69, 9.17) is 4.42 Å².